The van der Waals surface area contributed by atoms with E-state index in [4.69, 9.17) is 4.74 Å². The van der Waals surface area contributed by atoms with Gasteiger partial charge in [-0.15, -0.1) is 0 Å². The second-order valence-electron chi connectivity index (χ2n) is 4.91. The van der Waals surface area contributed by atoms with E-state index in [9.17, 15) is 0 Å². The Morgan fingerprint density at radius 3 is 2.67 bits per heavy atom. The van der Waals surface area contributed by atoms with Gasteiger partial charge in [0.05, 0.1) is 11.6 Å². The Kier molecular flexibility index (Phi) is 4.81. The number of hydrogen-bond donors (Lipinski definition) is 1. The Morgan fingerprint density at radius 2 is 2.07 bits per heavy atom. The van der Waals surface area contributed by atoms with Crippen LogP contribution in [0.3, 0.4) is 0 Å². The van der Waals surface area contributed by atoms with Crippen molar-refractivity contribution in [2.45, 2.75) is 57.6 Å². The molecule has 88 valence electrons. The normalized spacial score (nSPS) is 20.7. The summed E-state index contributed by atoms with van der Waals surface area (Å²) >= 11 is 0. The van der Waals surface area contributed by atoms with E-state index in [2.05, 4.69) is 25.2 Å². The molecule has 2 heteroatoms. The Hall–Kier alpha value is -0.340. The van der Waals surface area contributed by atoms with Crippen molar-refractivity contribution in [2.24, 2.45) is 0 Å². The molecule has 0 aromatic heterocycles. The van der Waals surface area contributed by atoms with Crippen molar-refractivity contribution in [1.82, 2.24) is 5.32 Å². The third-order valence-electron chi connectivity index (χ3n) is 3.46. The molecular formula is C13H25NO. The van der Waals surface area contributed by atoms with Crippen molar-refractivity contribution < 1.29 is 4.74 Å². The quantitative estimate of drug-likeness (QED) is 0.722. The molecule has 0 saturated carbocycles. The van der Waals surface area contributed by atoms with Gasteiger partial charge in [-0.1, -0.05) is 18.1 Å². The van der Waals surface area contributed by atoms with Crippen LogP contribution < -0.4 is 5.32 Å². The fourth-order valence-corrected chi connectivity index (χ4v) is 2.40. The van der Waals surface area contributed by atoms with Crippen LogP contribution in [0.4, 0.5) is 0 Å². The Balaban J connectivity index is 2.76. The molecule has 0 spiro atoms. The summed E-state index contributed by atoms with van der Waals surface area (Å²) in [6.07, 6.45) is 8.89. The van der Waals surface area contributed by atoms with Gasteiger partial charge in [0.15, 0.2) is 0 Å². The summed E-state index contributed by atoms with van der Waals surface area (Å²) in [6, 6.07) is 0.348. The molecule has 0 aromatic rings. The zero-order chi connectivity index (χ0) is 11.3. The van der Waals surface area contributed by atoms with Crippen LogP contribution in [0.25, 0.3) is 0 Å². The van der Waals surface area contributed by atoms with Crippen LogP contribution in [-0.4, -0.2) is 25.8 Å². The first-order valence-electron chi connectivity index (χ1n) is 6.03. The second kappa shape index (κ2) is 5.66. The molecular weight excluding hydrogens is 186 g/mol. The molecule has 1 atom stereocenters. The Labute approximate surface area is 94.1 Å². The third-order valence-corrected chi connectivity index (χ3v) is 3.46. The van der Waals surface area contributed by atoms with Crippen molar-refractivity contribution in [3.8, 4) is 0 Å². The van der Waals surface area contributed by atoms with Crippen LogP contribution in [0.1, 0.15) is 46.0 Å². The molecule has 0 amide bonds. The van der Waals surface area contributed by atoms with E-state index in [1.807, 2.05) is 7.05 Å². The minimum absolute atomic E-state index is 0.120. The average Bonchev–Trinajstić information content (AvgIpc) is 2.47. The van der Waals surface area contributed by atoms with E-state index in [0.717, 1.165) is 0 Å². The number of nitrogens with one attached hydrogen (secondary N) is 1. The summed E-state index contributed by atoms with van der Waals surface area (Å²) < 4.78 is 5.58. The lowest BCUT2D eigenvalue weighted by atomic mass is 9.89. The van der Waals surface area contributed by atoms with Gasteiger partial charge in [-0.2, -0.15) is 0 Å². The van der Waals surface area contributed by atoms with Crippen molar-refractivity contribution >= 4 is 0 Å². The number of likely N-dealkylation sites (N-methyl/N-ethyl adjacent to an activating group) is 1. The van der Waals surface area contributed by atoms with Crippen LogP contribution >= 0.6 is 0 Å². The van der Waals surface area contributed by atoms with Crippen molar-refractivity contribution in [1.29, 1.82) is 0 Å². The summed E-state index contributed by atoms with van der Waals surface area (Å²) in [6.45, 7) is 4.31. The predicted octanol–water partition coefficient (Wildman–Crippen LogP) is 2.89. The summed E-state index contributed by atoms with van der Waals surface area (Å²) in [5, 5.41) is 3.40. The van der Waals surface area contributed by atoms with Gasteiger partial charge in [0.2, 0.25) is 0 Å². The maximum absolute atomic E-state index is 5.58. The maximum Gasteiger partial charge on any atom is 0.0813 e. The number of ether oxygens (including phenoxy) is 1. The van der Waals surface area contributed by atoms with Crippen LogP contribution in [0, 0.1) is 0 Å². The molecule has 0 aromatic carbocycles. The summed E-state index contributed by atoms with van der Waals surface area (Å²) in [5.74, 6) is 0. The first-order chi connectivity index (χ1) is 7.11. The van der Waals surface area contributed by atoms with Crippen LogP contribution in [0.2, 0.25) is 0 Å². The summed E-state index contributed by atoms with van der Waals surface area (Å²) in [7, 11) is 3.82. The molecule has 2 nitrogen and oxygen atoms in total. The van der Waals surface area contributed by atoms with Gasteiger partial charge in [0.25, 0.3) is 0 Å². The van der Waals surface area contributed by atoms with Gasteiger partial charge in [-0.05, 0) is 46.6 Å². The molecule has 1 rings (SSSR count). The highest BCUT2D eigenvalue weighted by Gasteiger charge is 2.30. The molecule has 15 heavy (non-hydrogen) atoms. The number of rotatable bonds is 4. The molecule has 0 heterocycles. The third kappa shape index (κ3) is 3.32. The standard InChI is InChI=1S/C13H25NO/c1-13(2,15-4)12(14-3)11-9-7-5-6-8-10-11/h9,12,14H,5-8,10H2,1-4H3. The first kappa shape index (κ1) is 12.7. The van der Waals surface area contributed by atoms with Crippen molar-refractivity contribution in [2.75, 3.05) is 14.2 Å². The SMILES string of the molecule is CNC(C1=CCCCCC1)C(C)(C)OC. The number of allylic oxidation sites excluding steroid dienone is 1. The van der Waals surface area contributed by atoms with Gasteiger partial charge in [0, 0.05) is 7.11 Å². The number of hydrogen-bond acceptors (Lipinski definition) is 2. The van der Waals surface area contributed by atoms with E-state index in [0.29, 0.717) is 6.04 Å². The lowest BCUT2D eigenvalue weighted by Gasteiger charge is -2.34. The Morgan fingerprint density at radius 1 is 1.33 bits per heavy atom. The fourth-order valence-electron chi connectivity index (χ4n) is 2.40. The molecule has 1 unspecified atom stereocenters. The smallest absolute Gasteiger partial charge is 0.0813 e. The molecule has 0 bridgehead atoms. The minimum atomic E-state index is -0.120. The van der Waals surface area contributed by atoms with E-state index < -0.39 is 0 Å². The van der Waals surface area contributed by atoms with Gasteiger partial charge in [-0.3, -0.25) is 0 Å². The van der Waals surface area contributed by atoms with Crippen molar-refractivity contribution in [3.63, 3.8) is 0 Å². The molecule has 1 aliphatic carbocycles. The highest BCUT2D eigenvalue weighted by Crippen LogP contribution is 2.27. The molecule has 1 N–H and O–H groups in total. The maximum atomic E-state index is 5.58. The number of methoxy groups -OCH3 is 1. The van der Waals surface area contributed by atoms with E-state index in [1.165, 1.54) is 37.7 Å². The first-order valence-corrected chi connectivity index (χ1v) is 6.03. The average molecular weight is 211 g/mol. The topological polar surface area (TPSA) is 21.3 Å². The molecule has 0 fully saturated rings. The van der Waals surface area contributed by atoms with Gasteiger partial charge < -0.3 is 10.1 Å². The van der Waals surface area contributed by atoms with Gasteiger partial charge >= 0.3 is 0 Å². The highest BCUT2D eigenvalue weighted by molar-refractivity contribution is 5.17. The zero-order valence-electron chi connectivity index (χ0n) is 10.6. The van der Waals surface area contributed by atoms with Gasteiger partial charge in [-0.25, -0.2) is 0 Å². The van der Waals surface area contributed by atoms with E-state index >= 15 is 0 Å². The van der Waals surface area contributed by atoms with Gasteiger partial charge in [0.1, 0.15) is 0 Å². The summed E-state index contributed by atoms with van der Waals surface area (Å²) in [4.78, 5) is 0. The monoisotopic (exact) mass is 211 g/mol. The minimum Gasteiger partial charge on any atom is -0.377 e. The summed E-state index contributed by atoms with van der Waals surface area (Å²) in [5.41, 5.74) is 1.41. The second-order valence-corrected chi connectivity index (χ2v) is 4.91. The Bertz CT molecular complexity index is 221. The largest absolute Gasteiger partial charge is 0.377 e. The van der Waals surface area contributed by atoms with E-state index in [-0.39, 0.29) is 5.60 Å². The van der Waals surface area contributed by atoms with Crippen LogP contribution in [0.15, 0.2) is 11.6 Å². The molecule has 0 saturated heterocycles. The fraction of sp³-hybridized carbons (Fsp3) is 0.846. The predicted molar refractivity (Wildman–Crippen MR) is 65.1 cm³/mol. The van der Waals surface area contributed by atoms with Crippen LogP contribution in [0.5, 0.6) is 0 Å². The zero-order valence-corrected chi connectivity index (χ0v) is 10.6. The van der Waals surface area contributed by atoms with E-state index in [1.54, 1.807) is 7.11 Å². The highest BCUT2D eigenvalue weighted by atomic mass is 16.5. The van der Waals surface area contributed by atoms with Crippen molar-refractivity contribution in [3.05, 3.63) is 11.6 Å². The molecule has 1 aliphatic rings. The molecule has 0 aliphatic heterocycles. The lowest BCUT2D eigenvalue weighted by molar-refractivity contribution is 0.00103. The van der Waals surface area contributed by atoms with Crippen LogP contribution in [-0.2, 0) is 4.74 Å². The lowest BCUT2D eigenvalue weighted by Crippen LogP contribution is -2.47. The molecule has 0 radical (unpaired) electrons.